The topological polar surface area (TPSA) is 15.3 Å². The van der Waals surface area contributed by atoms with Crippen molar-refractivity contribution in [2.45, 2.75) is 175 Å². The molecule has 0 bridgehead atoms. The summed E-state index contributed by atoms with van der Waals surface area (Å²) in [6.07, 6.45) is 27.4. The monoisotopic (exact) mass is 727 g/mol. The van der Waals surface area contributed by atoms with E-state index in [1.165, 1.54) is 142 Å². The van der Waals surface area contributed by atoms with E-state index < -0.39 is 0 Å². The molecule has 1 unspecified atom stereocenters. The molecule has 1 N–H and O–H groups in total. The third-order valence-corrected chi connectivity index (χ3v) is 11.4. The highest BCUT2D eigenvalue weighted by Crippen LogP contribution is 2.39. The molecule has 52 heavy (non-hydrogen) atoms. The van der Waals surface area contributed by atoms with Crippen LogP contribution in [0.3, 0.4) is 0 Å². The van der Waals surface area contributed by atoms with Crippen LogP contribution in [0.5, 0.6) is 0 Å². The summed E-state index contributed by atoms with van der Waals surface area (Å²) in [5.41, 5.74) is 10.4. The second kappa shape index (κ2) is 23.9. The molecule has 3 rings (SSSR count). The number of rotatable bonds is 26. The summed E-state index contributed by atoms with van der Waals surface area (Å²) in [6.45, 7) is 18.7. The van der Waals surface area contributed by atoms with Crippen molar-refractivity contribution in [3.8, 4) is 0 Å². The minimum atomic E-state index is -0.00523. The van der Waals surface area contributed by atoms with Crippen LogP contribution in [0.1, 0.15) is 183 Å². The molecule has 0 radical (unpaired) electrons. The van der Waals surface area contributed by atoms with Crippen molar-refractivity contribution in [1.29, 1.82) is 0 Å². The van der Waals surface area contributed by atoms with Gasteiger partial charge >= 0.3 is 0 Å². The summed E-state index contributed by atoms with van der Waals surface area (Å²) in [4.78, 5) is 2.45. The van der Waals surface area contributed by atoms with Crippen LogP contribution in [0.2, 0.25) is 5.02 Å². The molecule has 0 saturated heterocycles. The molecular formula is C49H75ClN2. The second-order valence-corrected chi connectivity index (χ2v) is 16.9. The van der Waals surface area contributed by atoms with Gasteiger partial charge in [0.05, 0.1) is 6.04 Å². The van der Waals surface area contributed by atoms with Crippen LogP contribution in [0.25, 0.3) is 6.08 Å². The molecule has 0 saturated carbocycles. The van der Waals surface area contributed by atoms with Gasteiger partial charge in [0.25, 0.3) is 0 Å². The van der Waals surface area contributed by atoms with Gasteiger partial charge in [0.1, 0.15) is 0 Å². The first-order valence-corrected chi connectivity index (χ1v) is 21.6. The van der Waals surface area contributed by atoms with Crippen LogP contribution in [0, 0.1) is 6.92 Å². The van der Waals surface area contributed by atoms with Crippen LogP contribution in [-0.2, 0) is 18.3 Å². The highest BCUT2D eigenvalue weighted by molar-refractivity contribution is 6.31. The number of unbranched alkanes of at least 4 members (excludes halogenated alkanes) is 15. The Balaban J connectivity index is 1.64. The van der Waals surface area contributed by atoms with Gasteiger partial charge in [-0.05, 0) is 77.1 Å². The molecule has 3 aromatic carbocycles. The highest BCUT2D eigenvalue weighted by Gasteiger charge is 2.26. The molecule has 0 heterocycles. The van der Waals surface area contributed by atoms with Crippen LogP contribution in [-0.4, -0.2) is 13.6 Å². The Kier molecular flexibility index (Phi) is 20.0. The third-order valence-electron chi connectivity index (χ3n) is 11.1. The van der Waals surface area contributed by atoms with E-state index in [0.717, 1.165) is 36.5 Å². The maximum atomic E-state index is 6.95. The summed E-state index contributed by atoms with van der Waals surface area (Å²) in [7, 11) is 2.24. The zero-order valence-electron chi connectivity index (χ0n) is 34.5. The van der Waals surface area contributed by atoms with E-state index in [-0.39, 0.29) is 11.5 Å². The van der Waals surface area contributed by atoms with Crippen molar-refractivity contribution < 1.29 is 0 Å². The number of nitrogens with one attached hydrogen (secondary N) is 1. The molecule has 0 aromatic heterocycles. The predicted octanol–water partition coefficient (Wildman–Crippen LogP) is 15.6. The molecule has 1 atom stereocenters. The minimum absolute atomic E-state index is 0.00523. The lowest BCUT2D eigenvalue weighted by molar-refractivity contribution is 0.530. The van der Waals surface area contributed by atoms with Crippen molar-refractivity contribution in [2.24, 2.45) is 0 Å². The number of aryl methyl sites for hydroxylation is 1. The van der Waals surface area contributed by atoms with Gasteiger partial charge < -0.3 is 10.2 Å². The molecular weight excluding hydrogens is 652 g/mol. The fourth-order valence-electron chi connectivity index (χ4n) is 7.84. The molecule has 0 fully saturated rings. The van der Waals surface area contributed by atoms with Gasteiger partial charge in [0, 0.05) is 30.0 Å². The maximum Gasteiger partial charge on any atom is 0.0583 e. The Morgan fingerprint density at radius 1 is 0.750 bits per heavy atom. The van der Waals surface area contributed by atoms with Crippen molar-refractivity contribution in [3.05, 3.63) is 99.6 Å². The fourth-order valence-corrected chi connectivity index (χ4v) is 8.30. The van der Waals surface area contributed by atoms with E-state index in [1.54, 1.807) is 0 Å². The summed E-state index contributed by atoms with van der Waals surface area (Å²) in [6, 6.07) is 20.2. The Morgan fingerprint density at radius 3 is 1.87 bits per heavy atom. The Labute approximate surface area is 326 Å². The second-order valence-electron chi connectivity index (χ2n) is 16.5. The average molecular weight is 728 g/mol. The predicted molar refractivity (Wildman–Crippen MR) is 235 cm³/mol. The quantitative estimate of drug-likeness (QED) is 0.0829. The number of anilines is 2. The molecule has 0 amide bonds. The Morgan fingerprint density at radius 2 is 1.33 bits per heavy atom. The molecule has 0 aliphatic heterocycles. The number of halogens is 1. The average Bonchev–Trinajstić information content (AvgIpc) is 3.12. The number of hydrogen-bond acceptors (Lipinski definition) is 2. The summed E-state index contributed by atoms with van der Waals surface area (Å²) in [5, 5.41) is 4.79. The number of hydrogen-bond donors (Lipinski definition) is 1. The Bertz CT molecular complexity index is 1450. The smallest absolute Gasteiger partial charge is 0.0583 e. The van der Waals surface area contributed by atoms with Crippen LogP contribution in [0.4, 0.5) is 11.4 Å². The van der Waals surface area contributed by atoms with Gasteiger partial charge in [-0.1, -0.05) is 204 Å². The first kappa shape index (κ1) is 43.7. The van der Waals surface area contributed by atoms with Crippen LogP contribution < -0.4 is 10.2 Å². The van der Waals surface area contributed by atoms with Crippen LogP contribution >= 0.6 is 11.6 Å². The lowest BCUT2D eigenvalue weighted by atomic mass is 9.86. The zero-order valence-corrected chi connectivity index (χ0v) is 35.3. The van der Waals surface area contributed by atoms with Gasteiger partial charge in [-0.2, -0.15) is 0 Å². The molecule has 288 valence electrons. The van der Waals surface area contributed by atoms with Gasteiger partial charge in [0.15, 0.2) is 0 Å². The third kappa shape index (κ3) is 14.3. The van der Waals surface area contributed by atoms with Crippen molar-refractivity contribution in [3.63, 3.8) is 0 Å². The van der Waals surface area contributed by atoms with E-state index in [2.05, 4.69) is 120 Å². The molecule has 0 aliphatic carbocycles. The van der Waals surface area contributed by atoms with E-state index >= 15 is 0 Å². The van der Waals surface area contributed by atoms with E-state index in [1.807, 2.05) is 6.08 Å². The van der Waals surface area contributed by atoms with Crippen molar-refractivity contribution in [2.75, 3.05) is 23.8 Å². The molecule has 3 aromatic rings. The maximum absolute atomic E-state index is 6.95. The number of nitrogens with zero attached hydrogens (tertiary/aromatic N) is 1. The molecule has 0 spiro atoms. The first-order chi connectivity index (χ1) is 25.1. The minimum Gasteiger partial charge on any atom is -0.385 e. The molecule has 0 aliphatic rings. The van der Waals surface area contributed by atoms with Crippen molar-refractivity contribution >= 4 is 29.1 Å². The van der Waals surface area contributed by atoms with Crippen molar-refractivity contribution in [1.82, 2.24) is 0 Å². The highest BCUT2D eigenvalue weighted by atomic mass is 35.5. The standard InChI is InChI=1S/C49H75ClN2/c1-9-12-13-14-15-16-17-18-19-20-21-22-23-24-25-28-36-51-48-39(4)32-34-43(44(48)29-10-2)47(37-41-31-27-26-30-40(41)11-3)52(8)42-33-35-45(46(50)38-42)49(5,6)7/h11,26-27,30-35,38,47,51H,3,9-10,12-25,28-29,36-37H2,1-2,4-8H3. The lowest BCUT2D eigenvalue weighted by Gasteiger charge is -2.34. The van der Waals surface area contributed by atoms with Gasteiger partial charge in [-0.15, -0.1) is 0 Å². The van der Waals surface area contributed by atoms with Gasteiger partial charge in [-0.3, -0.25) is 0 Å². The molecule has 2 nitrogen and oxygen atoms in total. The number of benzene rings is 3. The Hall–Kier alpha value is -2.71. The normalized spacial score (nSPS) is 12.2. The largest absolute Gasteiger partial charge is 0.385 e. The fraction of sp³-hybridized carbons (Fsp3) is 0.592. The van der Waals surface area contributed by atoms with E-state index in [0.29, 0.717) is 0 Å². The summed E-state index contributed by atoms with van der Waals surface area (Å²) >= 11 is 6.95. The van der Waals surface area contributed by atoms with Crippen LogP contribution in [0.15, 0.2) is 61.2 Å². The van der Waals surface area contributed by atoms with E-state index in [4.69, 9.17) is 11.6 Å². The lowest BCUT2D eigenvalue weighted by Crippen LogP contribution is -2.28. The zero-order chi connectivity index (χ0) is 37.8. The summed E-state index contributed by atoms with van der Waals surface area (Å²) < 4.78 is 0. The van der Waals surface area contributed by atoms with Gasteiger partial charge in [-0.25, -0.2) is 0 Å². The number of likely N-dealkylation sites (N-methyl/N-ethyl adjacent to an activating group) is 1. The first-order valence-electron chi connectivity index (χ1n) is 21.2. The van der Waals surface area contributed by atoms with Gasteiger partial charge in [0.2, 0.25) is 0 Å². The van der Waals surface area contributed by atoms with E-state index in [9.17, 15) is 0 Å². The molecule has 3 heteroatoms. The SMILES string of the molecule is C=Cc1ccccc1CC(c1ccc(C)c(NCCCCCCCCCCCCCCCCCC)c1CCC)N(C)c1ccc(C(C)(C)C)c(Cl)c1. The summed E-state index contributed by atoms with van der Waals surface area (Å²) in [5.74, 6) is 0.